The molecule has 0 radical (unpaired) electrons. The van der Waals surface area contributed by atoms with Gasteiger partial charge in [-0.2, -0.15) is 0 Å². The molecule has 98 valence electrons. The molecule has 0 atom stereocenters. The molecule has 2 aromatic rings. The lowest BCUT2D eigenvalue weighted by atomic mass is 10.3. The van der Waals surface area contributed by atoms with Gasteiger partial charge in [0.05, 0.1) is 4.92 Å². The Morgan fingerprint density at radius 1 is 1.53 bits per heavy atom. The number of hydrogen-bond acceptors (Lipinski definition) is 4. The number of aromatic amines is 1. The number of pyridine rings is 1. The topological polar surface area (TPSA) is 101 Å². The van der Waals surface area contributed by atoms with E-state index in [0.29, 0.717) is 4.47 Å². The minimum atomic E-state index is -0.649. The van der Waals surface area contributed by atoms with Crippen LogP contribution in [0.3, 0.4) is 0 Å². The Balaban J connectivity index is 2.30. The number of nitrogens with one attached hydrogen (secondary N) is 2. The summed E-state index contributed by atoms with van der Waals surface area (Å²) >= 11 is 8.83. The van der Waals surface area contributed by atoms with E-state index in [2.05, 4.69) is 31.2 Å². The van der Waals surface area contributed by atoms with E-state index in [9.17, 15) is 14.9 Å². The molecule has 0 saturated heterocycles. The van der Waals surface area contributed by atoms with Gasteiger partial charge in [-0.05, 0) is 28.1 Å². The summed E-state index contributed by atoms with van der Waals surface area (Å²) in [6.07, 6.45) is 1.56. The quantitative estimate of drug-likeness (QED) is 0.507. The number of halogens is 2. The largest absolute Gasteiger partial charge is 0.356 e. The number of hydrogen-bond donors (Lipinski definition) is 2. The van der Waals surface area contributed by atoms with Crippen LogP contribution in [0, 0.1) is 10.1 Å². The van der Waals surface area contributed by atoms with Crippen LogP contribution in [0.2, 0.25) is 5.15 Å². The van der Waals surface area contributed by atoms with Crippen LogP contribution in [-0.4, -0.2) is 20.8 Å². The summed E-state index contributed by atoms with van der Waals surface area (Å²) in [4.78, 5) is 28.4. The zero-order valence-electron chi connectivity index (χ0n) is 9.18. The summed E-state index contributed by atoms with van der Waals surface area (Å²) < 4.78 is 0.686. The summed E-state index contributed by atoms with van der Waals surface area (Å²) in [6, 6.07) is 3.99. The molecule has 9 heteroatoms. The third kappa shape index (κ3) is 3.09. The van der Waals surface area contributed by atoms with Crippen molar-refractivity contribution < 1.29 is 9.72 Å². The number of nitrogens with zero attached hydrogens (tertiary/aromatic N) is 2. The number of rotatable bonds is 3. The van der Waals surface area contributed by atoms with Crippen molar-refractivity contribution in [3.05, 3.63) is 49.8 Å². The number of aromatic nitrogens is 2. The van der Waals surface area contributed by atoms with Gasteiger partial charge in [0.25, 0.3) is 5.91 Å². The Morgan fingerprint density at radius 2 is 2.26 bits per heavy atom. The number of amides is 1. The summed E-state index contributed by atoms with van der Waals surface area (Å²) in [7, 11) is 0. The Kier molecular flexibility index (Phi) is 3.82. The maximum atomic E-state index is 11.8. The number of carbonyl (C=O) groups is 1. The van der Waals surface area contributed by atoms with Crippen molar-refractivity contribution in [1.82, 2.24) is 9.97 Å². The Labute approximate surface area is 120 Å². The van der Waals surface area contributed by atoms with Gasteiger partial charge in [0.1, 0.15) is 10.8 Å². The fourth-order valence-electron chi connectivity index (χ4n) is 1.34. The molecule has 0 aliphatic carbocycles. The number of carbonyl (C=O) groups excluding carboxylic acids is 1. The maximum Gasteiger partial charge on any atom is 0.311 e. The highest BCUT2D eigenvalue weighted by Gasteiger charge is 2.19. The second-order valence-corrected chi connectivity index (χ2v) is 4.75. The van der Waals surface area contributed by atoms with E-state index in [-0.39, 0.29) is 22.4 Å². The molecule has 1 amide bonds. The van der Waals surface area contributed by atoms with Crippen molar-refractivity contribution in [2.75, 3.05) is 5.32 Å². The van der Waals surface area contributed by atoms with E-state index in [1.165, 1.54) is 18.2 Å². The monoisotopic (exact) mass is 344 g/mol. The van der Waals surface area contributed by atoms with Crippen molar-refractivity contribution >= 4 is 44.9 Å². The molecule has 0 bridgehead atoms. The minimum Gasteiger partial charge on any atom is -0.356 e. The van der Waals surface area contributed by atoms with E-state index in [1.54, 1.807) is 6.20 Å². The standard InChI is InChI=1S/C10H6BrClN4O3/c11-5-3-6(13-4-5)10(17)15-9-7(16(18)19)1-2-8(12)14-9/h1-4,13H,(H,14,15,17). The predicted octanol–water partition coefficient (Wildman–Crippen LogP) is 2.99. The van der Waals surface area contributed by atoms with E-state index >= 15 is 0 Å². The van der Waals surface area contributed by atoms with Crippen LogP contribution in [0.25, 0.3) is 0 Å². The smallest absolute Gasteiger partial charge is 0.311 e. The van der Waals surface area contributed by atoms with Gasteiger partial charge in [0, 0.05) is 16.7 Å². The summed E-state index contributed by atoms with van der Waals surface area (Å²) in [5.74, 6) is -0.753. The van der Waals surface area contributed by atoms with Crippen LogP contribution in [0.15, 0.2) is 28.9 Å². The first kappa shape index (κ1) is 13.5. The molecule has 7 nitrogen and oxygen atoms in total. The van der Waals surface area contributed by atoms with Crippen LogP contribution in [0.4, 0.5) is 11.5 Å². The number of nitro groups is 1. The molecule has 0 spiro atoms. The first-order valence-electron chi connectivity index (χ1n) is 4.93. The molecular formula is C10H6BrClN4O3. The van der Waals surface area contributed by atoms with Gasteiger partial charge in [-0.15, -0.1) is 0 Å². The molecule has 2 aromatic heterocycles. The normalized spacial score (nSPS) is 10.2. The average Bonchev–Trinajstić information content (AvgIpc) is 2.75. The highest BCUT2D eigenvalue weighted by Crippen LogP contribution is 2.24. The Hall–Kier alpha value is -1.93. The third-order valence-corrected chi connectivity index (χ3v) is 2.83. The highest BCUT2D eigenvalue weighted by molar-refractivity contribution is 9.10. The second kappa shape index (κ2) is 5.37. The van der Waals surface area contributed by atoms with Crippen LogP contribution >= 0.6 is 27.5 Å². The van der Waals surface area contributed by atoms with Crippen molar-refractivity contribution in [2.45, 2.75) is 0 Å². The van der Waals surface area contributed by atoms with Crippen LogP contribution in [0.5, 0.6) is 0 Å². The minimum absolute atomic E-state index is 0.0496. The first-order valence-corrected chi connectivity index (χ1v) is 6.10. The molecule has 0 aliphatic rings. The van der Waals surface area contributed by atoms with Crippen molar-refractivity contribution in [3.8, 4) is 0 Å². The fourth-order valence-corrected chi connectivity index (χ4v) is 1.83. The van der Waals surface area contributed by atoms with Gasteiger partial charge in [-0.3, -0.25) is 20.2 Å². The van der Waals surface area contributed by atoms with Gasteiger partial charge in [0.15, 0.2) is 0 Å². The Bertz CT molecular complexity index is 658. The van der Waals surface area contributed by atoms with Gasteiger partial charge in [0.2, 0.25) is 5.82 Å². The fraction of sp³-hybridized carbons (Fsp3) is 0. The zero-order chi connectivity index (χ0) is 14.0. The Morgan fingerprint density at radius 3 is 2.84 bits per heavy atom. The molecule has 0 fully saturated rings. The third-order valence-electron chi connectivity index (χ3n) is 2.16. The number of H-pyrrole nitrogens is 1. The molecule has 0 aliphatic heterocycles. The molecule has 2 heterocycles. The second-order valence-electron chi connectivity index (χ2n) is 3.44. The highest BCUT2D eigenvalue weighted by atomic mass is 79.9. The van der Waals surface area contributed by atoms with Gasteiger partial charge in [-0.25, -0.2) is 4.98 Å². The molecule has 19 heavy (non-hydrogen) atoms. The van der Waals surface area contributed by atoms with Crippen molar-refractivity contribution in [1.29, 1.82) is 0 Å². The summed E-state index contributed by atoms with van der Waals surface area (Å²) in [5.41, 5.74) is -0.0914. The maximum absolute atomic E-state index is 11.8. The van der Waals surface area contributed by atoms with E-state index in [1.807, 2.05) is 0 Å². The van der Waals surface area contributed by atoms with Crippen LogP contribution in [-0.2, 0) is 0 Å². The van der Waals surface area contributed by atoms with E-state index < -0.39 is 10.8 Å². The first-order chi connectivity index (χ1) is 8.97. The summed E-state index contributed by atoms with van der Waals surface area (Å²) in [5, 5.41) is 13.2. The molecule has 2 N–H and O–H groups in total. The molecular weight excluding hydrogens is 339 g/mol. The van der Waals surface area contributed by atoms with Gasteiger partial charge >= 0.3 is 5.69 Å². The van der Waals surface area contributed by atoms with E-state index in [4.69, 9.17) is 11.6 Å². The summed E-state index contributed by atoms with van der Waals surface area (Å²) in [6.45, 7) is 0. The lowest BCUT2D eigenvalue weighted by Gasteiger charge is -2.04. The lowest BCUT2D eigenvalue weighted by Crippen LogP contribution is -2.14. The van der Waals surface area contributed by atoms with Gasteiger partial charge < -0.3 is 4.98 Å². The predicted molar refractivity (Wildman–Crippen MR) is 72.3 cm³/mol. The van der Waals surface area contributed by atoms with Crippen molar-refractivity contribution in [3.63, 3.8) is 0 Å². The van der Waals surface area contributed by atoms with E-state index in [0.717, 1.165) is 0 Å². The van der Waals surface area contributed by atoms with Gasteiger partial charge in [-0.1, -0.05) is 11.6 Å². The zero-order valence-corrected chi connectivity index (χ0v) is 11.5. The molecule has 0 aromatic carbocycles. The molecule has 0 unspecified atom stereocenters. The number of anilines is 1. The molecule has 0 saturated carbocycles. The van der Waals surface area contributed by atoms with Crippen molar-refractivity contribution in [2.24, 2.45) is 0 Å². The van der Waals surface area contributed by atoms with Crippen LogP contribution in [0.1, 0.15) is 10.5 Å². The molecule has 2 rings (SSSR count). The van der Waals surface area contributed by atoms with Crippen LogP contribution < -0.4 is 5.32 Å². The average molecular weight is 346 g/mol. The SMILES string of the molecule is O=C(Nc1nc(Cl)ccc1[N+](=O)[O-])c1cc(Br)c[nH]1. The lowest BCUT2D eigenvalue weighted by molar-refractivity contribution is -0.384.